The van der Waals surface area contributed by atoms with Crippen molar-refractivity contribution in [1.82, 2.24) is 5.32 Å². The molecule has 20 heavy (non-hydrogen) atoms. The Labute approximate surface area is 122 Å². The third-order valence-electron chi connectivity index (χ3n) is 2.63. The van der Waals surface area contributed by atoms with Crippen LogP contribution in [0.15, 0.2) is 18.2 Å². The predicted octanol–water partition coefficient (Wildman–Crippen LogP) is 2.28. The zero-order chi connectivity index (χ0) is 15.0. The second kappa shape index (κ2) is 8.50. The summed E-state index contributed by atoms with van der Waals surface area (Å²) < 4.78 is 5.17. The topological polar surface area (TPSA) is 81.5 Å². The van der Waals surface area contributed by atoms with Crippen molar-refractivity contribution < 1.29 is 14.5 Å². The van der Waals surface area contributed by atoms with E-state index in [4.69, 9.17) is 16.3 Å². The Bertz CT molecular complexity index is 479. The van der Waals surface area contributed by atoms with Gasteiger partial charge in [-0.25, -0.2) is 0 Å². The first-order valence-corrected chi connectivity index (χ1v) is 6.76. The number of nitro groups is 1. The predicted molar refractivity (Wildman–Crippen MR) is 76.3 cm³/mol. The summed E-state index contributed by atoms with van der Waals surface area (Å²) in [6.07, 6.45) is 0.689. The summed E-state index contributed by atoms with van der Waals surface area (Å²) in [6, 6.07) is 4.30. The molecule has 0 radical (unpaired) electrons. The second-order valence-corrected chi connectivity index (χ2v) is 4.55. The third kappa shape index (κ3) is 5.14. The molecule has 0 aliphatic carbocycles. The Balaban J connectivity index is 2.44. The van der Waals surface area contributed by atoms with Gasteiger partial charge in [0.1, 0.15) is 0 Å². The molecule has 1 rings (SSSR count). The highest BCUT2D eigenvalue weighted by atomic mass is 35.5. The molecule has 0 aliphatic rings. The van der Waals surface area contributed by atoms with Crippen LogP contribution >= 0.6 is 11.6 Å². The van der Waals surface area contributed by atoms with Crippen LogP contribution in [0.2, 0.25) is 0 Å². The molecular weight excluding hydrogens is 284 g/mol. The van der Waals surface area contributed by atoms with E-state index >= 15 is 0 Å². The number of hydrogen-bond acceptors (Lipinski definition) is 4. The molecule has 0 spiro atoms. The van der Waals surface area contributed by atoms with Crippen molar-refractivity contribution >= 4 is 23.2 Å². The van der Waals surface area contributed by atoms with Crippen molar-refractivity contribution in [2.24, 2.45) is 0 Å². The standard InChI is InChI=1S/C13H17ClN2O4/c1-10-9-11(3-4-12(10)16(18)19)13(17)15-6-2-7-20-8-5-14/h3-4,9H,2,5-8H2,1H3,(H,15,17). The number of ether oxygens (including phenoxy) is 1. The average molecular weight is 301 g/mol. The summed E-state index contributed by atoms with van der Waals surface area (Å²) in [5.74, 6) is 0.203. The minimum absolute atomic E-state index is 0.0102. The van der Waals surface area contributed by atoms with E-state index in [0.717, 1.165) is 0 Å². The molecular formula is C13H17ClN2O4. The molecule has 0 atom stereocenters. The number of hydrogen-bond donors (Lipinski definition) is 1. The number of benzene rings is 1. The van der Waals surface area contributed by atoms with Gasteiger partial charge < -0.3 is 10.1 Å². The van der Waals surface area contributed by atoms with E-state index in [0.29, 0.717) is 43.2 Å². The maximum Gasteiger partial charge on any atom is 0.272 e. The van der Waals surface area contributed by atoms with E-state index in [1.54, 1.807) is 6.92 Å². The number of nitro benzene ring substituents is 1. The summed E-state index contributed by atoms with van der Waals surface area (Å²) in [7, 11) is 0. The zero-order valence-electron chi connectivity index (χ0n) is 11.2. The van der Waals surface area contributed by atoms with Crippen molar-refractivity contribution in [2.45, 2.75) is 13.3 Å². The largest absolute Gasteiger partial charge is 0.380 e. The number of nitrogens with zero attached hydrogens (tertiary/aromatic N) is 1. The normalized spacial score (nSPS) is 10.3. The van der Waals surface area contributed by atoms with Gasteiger partial charge in [0.05, 0.1) is 11.5 Å². The Hall–Kier alpha value is -1.66. The number of aryl methyl sites for hydroxylation is 1. The Kier molecular flexibility index (Phi) is 6.97. The van der Waals surface area contributed by atoms with Crippen LogP contribution in [0.4, 0.5) is 5.69 Å². The van der Waals surface area contributed by atoms with E-state index < -0.39 is 4.92 Å². The van der Waals surface area contributed by atoms with Crippen molar-refractivity contribution in [2.75, 3.05) is 25.6 Å². The first-order valence-electron chi connectivity index (χ1n) is 6.23. The van der Waals surface area contributed by atoms with Gasteiger partial charge in [0.25, 0.3) is 11.6 Å². The number of nitrogens with one attached hydrogen (secondary N) is 1. The van der Waals surface area contributed by atoms with E-state index in [9.17, 15) is 14.9 Å². The van der Waals surface area contributed by atoms with Crippen molar-refractivity contribution in [3.8, 4) is 0 Å². The number of rotatable bonds is 8. The van der Waals surface area contributed by atoms with Gasteiger partial charge in [0, 0.05) is 36.2 Å². The summed E-state index contributed by atoms with van der Waals surface area (Å²) in [5.41, 5.74) is 0.888. The van der Waals surface area contributed by atoms with Crippen LogP contribution < -0.4 is 5.32 Å². The van der Waals surface area contributed by atoms with Crippen LogP contribution in [0.3, 0.4) is 0 Å². The Morgan fingerprint density at radius 2 is 2.20 bits per heavy atom. The molecule has 0 heterocycles. The quantitative estimate of drug-likeness (QED) is 0.345. The number of alkyl halides is 1. The molecule has 1 N–H and O–H groups in total. The van der Waals surface area contributed by atoms with Gasteiger partial charge in [-0.1, -0.05) is 0 Å². The zero-order valence-corrected chi connectivity index (χ0v) is 12.0. The first kappa shape index (κ1) is 16.4. The van der Waals surface area contributed by atoms with Crippen molar-refractivity contribution in [3.63, 3.8) is 0 Å². The average Bonchev–Trinajstić information content (AvgIpc) is 2.41. The molecule has 1 amide bonds. The van der Waals surface area contributed by atoms with Crippen LogP contribution in [-0.4, -0.2) is 36.5 Å². The second-order valence-electron chi connectivity index (χ2n) is 4.17. The van der Waals surface area contributed by atoms with Gasteiger partial charge >= 0.3 is 0 Å². The lowest BCUT2D eigenvalue weighted by molar-refractivity contribution is -0.385. The van der Waals surface area contributed by atoms with Gasteiger partial charge in [-0.3, -0.25) is 14.9 Å². The molecule has 0 saturated heterocycles. The van der Waals surface area contributed by atoms with Gasteiger partial charge in [0.15, 0.2) is 0 Å². The lowest BCUT2D eigenvalue weighted by atomic mass is 10.1. The minimum atomic E-state index is -0.467. The number of carbonyl (C=O) groups is 1. The fraction of sp³-hybridized carbons (Fsp3) is 0.462. The Morgan fingerprint density at radius 1 is 1.45 bits per heavy atom. The lowest BCUT2D eigenvalue weighted by Crippen LogP contribution is -2.25. The molecule has 0 unspecified atom stereocenters. The highest BCUT2D eigenvalue weighted by Gasteiger charge is 2.13. The van der Waals surface area contributed by atoms with Gasteiger partial charge in [-0.2, -0.15) is 0 Å². The SMILES string of the molecule is Cc1cc(C(=O)NCCCOCCCl)ccc1[N+](=O)[O-]. The highest BCUT2D eigenvalue weighted by Crippen LogP contribution is 2.18. The minimum Gasteiger partial charge on any atom is -0.380 e. The van der Waals surface area contributed by atoms with Crippen LogP contribution in [-0.2, 0) is 4.74 Å². The molecule has 7 heteroatoms. The number of carbonyl (C=O) groups excluding carboxylic acids is 1. The van der Waals surface area contributed by atoms with Crippen LogP contribution in [0.1, 0.15) is 22.3 Å². The van der Waals surface area contributed by atoms with E-state index in [-0.39, 0.29) is 11.6 Å². The van der Waals surface area contributed by atoms with Gasteiger partial charge in [-0.05, 0) is 25.5 Å². The van der Waals surface area contributed by atoms with Gasteiger partial charge in [-0.15, -0.1) is 11.6 Å². The third-order valence-corrected chi connectivity index (χ3v) is 2.78. The summed E-state index contributed by atoms with van der Waals surface area (Å²) in [5, 5.41) is 13.4. The van der Waals surface area contributed by atoms with E-state index in [2.05, 4.69) is 5.32 Å². The van der Waals surface area contributed by atoms with Crippen molar-refractivity contribution in [3.05, 3.63) is 39.4 Å². The molecule has 110 valence electrons. The summed E-state index contributed by atoms with van der Waals surface area (Å²) >= 11 is 5.45. The monoisotopic (exact) mass is 300 g/mol. The van der Waals surface area contributed by atoms with Crippen molar-refractivity contribution in [1.29, 1.82) is 0 Å². The maximum atomic E-state index is 11.8. The molecule has 0 saturated carbocycles. The van der Waals surface area contributed by atoms with Gasteiger partial charge in [0.2, 0.25) is 0 Å². The fourth-order valence-corrected chi connectivity index (χ4v) is 1.75. The van der Waals surface area contributed by atoms with E-state index in [1.165, 1.54) is 18.2 Å². The number of amides is 1. The molecule has 6 nitrogen and oxygen atoms in total. The first-order chi connectivity index (χ1) is 9.56. The lowest BCUT2D eigenvalue weighted by Gasteiger charge is -2.06. The molecule has 0 bridgehead atoms. The van der Waals surface area contributed by atoms with Crippen LogP contribution in [0, 0.1) is 17.0 Å². The summed E-state index contributed by atoms with van der Waals surface area (Å²) in [6.45, 7) is 3.12. The molecule has 1 aromatic carbocycles. The maximum absolute atomic E-state index is 11.8. The highest BCUT2D eigenvalue weighted by molar-refractivity contribution is 6.17. The molecule has 1 aromatic rings. The number of halogens is 1. The molecule has 0 aromatic heterocycles. The van der Waals surface area contributed by atoms with Crippen LogP contribution in [0.25, 0.3) is 0 Å². The summed E-state index contributed by atoms with van der Waals surface area (Å²) in [4.78, 5) is 22.0. The fourth-order valence-electron chi connectivity index (χ4n) is 1.64. The molecule has 0 aliphatic heterocycles. The van der Waals surface area contributed by atoms with E-state index in [1.807, 2.05) is 0 Å². The molecule has 0 fully saturated rings. The van der Waals surface area contributed by atoms with Crippen LogP contribution in [0.5, 0.6) is 0 Å². The smallest absolute Gasteiger partial charge is 0.272 e. The Morgan fingerprint density at radius 3 is 2.80 bits per heavy atom.